The summed E-state index contributed by atoms with van der Waals surface area (Å²) in [5, 5.41) is 18.3. The molecule has 0 saturated carbocycles. The molecule has 0 saturated heterocycles. The summed E-state index contributed by atoms with van der Waals surface area (Å²) >= 11 is 0. The molecule has 2 heterocycles. The Hall–Kier alpha value is -4.48. The van der Waals surface area contributed by atoms with Crippen LogP contribution in [0.3, 0.4) is 0 Å². The molecule has 0 bridgehead atoms. The van der Waals surface area contributed by atoms with Crippen molar-refractivity contribution in [1.29, 1.82) is 10.5 Å². The van der Waals surface area contributed by atoms with Crippen LogP contribution in [0, 0.1) is 22.7 Å². The Morgan fingerprint density at radius 1 is 0.750 bits per heavy atom. The zero-order chi connectivity index (χ0) is 22.3. The zero-order valence-electron chi connectivity index (χ0n) is 17.7. The lowest BCUT2D eigenvalue weighted by molar-refractivity contribution is 0.632. The molecule has 4 aromatic rings. The normalized spacial score (nSPS) is 13.4. The number of aromatic nitrogens is 2. The van der Waals surface area contributed by atoms with Gasteiger partial charge in [-0.15, -0.1) is 0 Å². The minimum atomic E-state index is -0.102. The predicted octanol–water partition coefficient (Wildman–Crippen LogP) is 6.00. The van der Waals surface area contributed by atoms with Gasteiger partial charge in [0, 0.05) is 16.7 Å². The molecule has 152 valence electrons. The molecule has 5 heteroatoms. The predicted molar refractivity (Wildman–Crippen MR) is 124 cm³/mol. The monoisotopic (exact) mass is 413 g/mol. The highest BCUT2D eigenvalue weighted by Gasteiger charge is 2.36. The summed E-state index contributed by atoms with van der Waals surface area (Å²) in [6, 6.07) is 28.9. The highest BCUT2D eigenvalue weighted by Crippen LogP contribution is 2.51. The molecule has 5 rings (SSSR count). The van der Waals surface area contributed by atoms with Gasteiger partial charge < -0.3 is 4.90 Å². The van der Waals surface area contributed by atoms with E-state index in [0.29, 0.717) is 5.69 Å². The molecule has 1 aliphatic rings. The molecule has 0 fully saturated rings. The van der Waals surface area contributed by atoms with Gasteiger partial charge in [0.1, 0.15) is 12.1 Å². The SMILES string of the molecule is CC1(C)c2ccccc2N(c2ccc(-c3cnc(C#N)c(C#N)n3)cc2)c2ccccc21. The Balaban J connectivity index is 1.62. The van der Waals surface area contributed by atoms with E-state index < -0.39 is 0 Å². The number of hydrogen-bond acceptors (Lipinski definition) is 5. The maximum absolute atomic E-state index is 9.25. The number of rotatable bonds is 2. The quantitative estimate of drug-likeness (QED) is 0.403. The van der Waals surface area contributed by atoms with Crippen LogP contribution in [0.4, 0.5) is 17.1 Å². The minimum absolute atomic E-state index is 0.0372. The Morgan fingerprint density at radius 2 is 1.31 bits per heavy atom. The van der Waals surface area contributed by atoms with Crippen LogP contribution in [-0.2, 0) is 5.41 Å². The highest BCUT2D eigenvalue weighted by atomic mass is 15.2. The van der Waals surface area contributed by atoms with E-state index in [1.165, 1.54) is 17.3 Å². The second-order valence-electron chi connectivity index (χ2n) is 8.22. The van der Waals surface area contributed by atoms with Crippen molar-refractivity contribution in [2.45, 2.75) is 19.3 Å². The molecule has 0 amide bonds. The molecule has 0 aliphatic carbocycles. The number of nitrogens with zero attached hydrogens (tertiary/aromatic N) is 5. The van der Waals surface area contributed by atoms with E-state index in [4.69, 9.17) is 5.26 Å². The maximum Gasteiger partial charge on any atom is 0.177 e. The second-order valence-corrected chi connectivity index (χ2v) is 8.22. The maximum atomic E-state index is 9.25. The topological polar surface area (TPSA) is 76.6 Å². The fourth-order valence-corrected chi connectivity index (χ4v) is 4.42. The summed E-state index contributed by atoms with van der Waals surface area (Å²) in [4.78, 5) is 10.7. The highest BCUT2D eigenvalue weighted by molar-refractivity contribution is 5.86. The van der Waals surface area contributed by atoms with Gasteiger partial charge in [-0.05, 0) is 35.4 Å². The fraction of sp³-hybridized carbons (Fsp3) is 0.111. The third-order valence-electron chi connectivity index (χ3n) is 6.04. The van der Waals surface area contributed by atoms with Crippen LogP contribution in [0.5, 0.6) is 0 Å². The largest absolute Gasteiger partial charge is 0.310 e. The lowest BCUT2D eigenvalue weighted by Crippen LogP contribution is -2.30. The van der Waals surface area contributed by atoms with Gasteiger partial charge in [-0.3, -0.25) is 0 Å². The van der Waals surface area contributed by atoms with E-state index in [0.717, 1.165) is 22.6 Å². The Bertz CT molecular complexity index is 1370. The number of fused-ring (bicyclic) bond motifs is 2. The molecule has 32 heavy (non-hydrogen) atoms. The molecular formula is C27H19N5. The summed E-state index contributed by atoms with van der Waals surface area (Å²) in [5.74, 6) is 0. The lowest BCUT2D eigenvalue weighted by Gasteiger charge is -2.42. The van der Waals surface area contributed by atoms with Crippen LogP contribution < -0.4 is 4.90 Å². The van der Waals surface area contributed by atoms with E-state index in [2.05, 4.69) is 77.2 Å². The summed E-state index contributed by atoms with van der Waals surface area (Å²) in [6.45, 7) is 4.53. The standard InChI is InChI=1S/C27H19N5/c1-27(2)20-7-3-5-9-25(20)32(26-10-6-4-8-21(26)27)19-13-11-18(12-14-19)24-17-30-22(15-28)23(16-29)31-24/h3-14,17H,1-2H3. The van der Waals surface area contributed by atoms with Crippen LogP contribution in [0.1, 0.15) is 36.4 Å². The van der Waals surface area contributed by atoms with Crippen LogP contribution in [0.25, 0.3) is 11.3 Å². The van der Waals surface area contributed by atoms with Gasteiger partial charge >= 0.3 is 0 Å². The number of benzene rings is 3. The second kappa shape index (κ2) is 7.34. The van der Waals surface area contributed by atoms with Crippen LogP contribution in [-0.4, -0.2) is 9.97 Å². The van der Waals surface area contributed by atoms with E-state index in [1.807, 2.05) is 36.4 Å². The molecular weight excluding hydrogens is 394 g/mol. The van der Waals surface area contributed by atoms with E-state index in [-0.39, 0.29) is 16.8 Å². The molecule has 1 aliphatic heterocycles. The van der Waals surface area contributed by atoms with Crippen molar-refractivity contribution in [1.82, 2.24) is 9.97 Å². The Labute approximate surface area is 186 Å². The van der Waals surface area contributed by atoms with Crippen molar-refractivity contribution in [3.05, 3.63) is 102 Å². The molecule has 1 aromatic heterocycles. The van der Waals surface area contributed by atoms with E-state index in [1.54, 1.807) is 0 Å². The molecule has 0 radical (unpaired) electrons. The van der Waals surface area contributed by atoms with Crippen molar-refractivity contribution in [2.24, 2.45) is 0 Å². The molecule has 0 atom stereocenters. The van der Waals surface area contributed by atoms with Gasteiger partial charge in [-0.25, -0.2) is 9.97 Å². The Kier molecular flexibility index (Phi) is 4.47. The number of para-hydroxylation sites is 2. The minimum Gasteiger partial charge on any atom is -0.310 e. The molecule has 0 unspecified atom stereocenters. The number of hydrogen-bond donors (Lipinski definition) is 0. The van der Waals surface area contributed by atoms with E-state index in [9.17, 15) is 5.26 Å². The van der Waals surface area contributed by atoms with Crippen molar-refractivity contribution in [3.8, 4) is 23.4 Å². The smallest absolute Gasteiger partial charge is 0.177 e. The molecule has 3 aromatic carbocycles. The average Bonchev–Trinajstić information content (AvgIpc) is 2.84. The van der Waals surface area contributed by atoms with Crippen molar-refractivity contribution in [3.63, 3.8) is 0 Å². The van der Waals surface area contributed by atoms with Crippen LogP contribution in [0.2, 0.25) is 0 Å². The fourth-order valence-electron chi connectivity index (χ4n) is 4.42. The summed E-state index contributed by atoms with van der Waals surface area (Å²) in [5.41, 5.74) is 7.28. The average molecular weight is 413 g/mol. The third-order valence-corrected chi connectivity index (χ3v) is 6.04. The van der Waals surface area contributed by atoms with Crippen molar-refractivity contribution < 1.29 is 0 Å². The van der Waals surface area contributed by atoms with Gasteiger partial charge in [0.15, 0.2) is 11.4 Å². The van der Waals surface area contributed by atoms with Gasteiger partial charge in [0.05, 0.1) is 23.3 Å². The van der Waals surface area contributed by atoms with Gasteiger partial charge in [0.25, 0.3) is 0 Å². The number of nitriles is 2. The molecule has 0 spiro atoms. The van der Waals surface area contributed by atoms with Crippen LogP contribution >= 0.6 is 0 Å². The molecule has 5 nitrogen and oxygen atoms in total. The summed E-state index contributed by atoms with van der Waals surface area (Å²) < 4.78 is 0. The first-order valence-electron chi connectivity index (χ1n) is 10.3. The van der Waals surface area contributed by atoms with Gasteiger partial charge in [-0.1, -0.05) is 62.4 Å². The summed E-state index contributed by atoms with van der Waals surface area (Å²) in [6.07, 6.45) is 1.53. The van der Waals surface area contributed by atoms with Gasteiger partial charge in [0.2, 0.25) is 0 Å². The first kappa shape index (κ1) is 19.5. The third kappa shape index (κ3) is 2.92. The first-order valence-corrected chi connectivity index (χ1v) is 10.3. The van der Waals surface area contributed by atoms with Gasteiger partial charge in [-0.2, -0.15) is 10.5 Å². The van der Waals surface area contributed by atoms with E-state index >= 15 is 0 Å². The first-order chi connectivity index (χ1) is 15.5. The van der Waals surface area contributed by atoms with Crippen molar-refractivity contribution in [2.75, 3.05) is 4.90 Å². The van der Waals surface area contributed by atoms with Crippen LogP contribution in [0.15, 0.2) is 79.0 Å². The lowest BCUT2D eigenvalue weighted by atomic mass is 9.73. The summed E-state index contributed by atoms with van der Waals surface area (Å²) in [7, 11) is 0. The van der Waals surface area contributed by atoms with Crippen molar-refractivity contribution >= 4 is 17.1 Å². The molecule has 0 N–H and O–H groups in total. The number of anilines is 3. The Morgan fingerprint density at radius 3 is 1.88 bits per heavy atom. The zero-order valence-corrected chi connectivity index (χ0v) is 17.7.